The molecule has 0 aromatic carbocycles. The number of aliphatic hydroxyl groups excluding tert-OH is 1. The minimum Gasteiger partial charge on any atom is -0.474 e. The molecular weight excluding hydrogens is 382 g/mol. The van der Waals surface area contributed by atoms with Gasteiger partial charge in [-0.1, -0.05) is 13.8 Å². The molecule has 29 heavy (non-hydrogen) atoms. The monoisotopic (exact) mass is 417 g/mol. The highest BCUT2D eigenvalue weighted by molar-refractivity contribution is 7.19. The van der Waals surface area contributed by atoms with Crippen LogP contribution in [0.4, 0.5) is 0 Å². The van der Waals surface area contributed by atoms with Crippen molar-refractivity contribution in [3.8, 4) is 5.88 Å². The highest BCUT2D eigenvalue weighted by atomic mass is 32.1. The third kappa shape index (κ3) is 3.91. The summed E-state index contributed by atoms with van der Waals surface area (Å²) in [6, 6.07) is 0. The minimum absolute atomic E-state index is 0.226. The molecule has 2 aliphatic carbocycles. The number of nitrogens with zero attached hydrogens (tertiary/aromatic N) is 3. The van der Waals surface area contributed by atoms with Gasteiger partial charge in [-0.15, -0.1) is 11.3 Å². The summed E-state index contributed by atoms with van der Waals surface area (Å²) in [5.74, 6) is 1.17. The van der Waals surface area contributed by atoms with Crippen molar-refractivity contribution >= 4 is 21.6 Å². The predicted molar refractivity (Wildman–Crippen MR) is 119 cm³/mol. The van der Waals surface area contributed by atoms with E-state index in [1.165, 1.54) is 29.7 Å². The van der Waals surface area contributed by atoms with Gasteiger partial charge < -0.3 is 14.7 Å². The van der Waals surface area contributed by atoms with Crippen LogP contribution >= 0.6 is 11.3 Å². The molecule has 0 aliphatic heterocycles. The molecule has 0 bridgehead atoms. The molecule has 0 saturated heterocycles. The molecule has 0 unspecified atom stereocenters. The standard InChI is InChI=1S/C23H35N3O2S/c1-5-16(27)13-15-7-8-18-19(15)20-21(24-14-25-22(20)29-18)28-17-9-11-23(6-2,12-10-17)26(3)4/h14-17,27H,5-13H2,1-4H3/t15-,16+,17?,23?/m1/s1. The second-order valence-corrected chi connectivity index (χ2v) is 10.2. The van der Waals surface area contributed by atoms with Gasteiger partial charge in [0.05, 0.1) is 11.5 Å². The first-order valence-electron chi connectivity index (χ1n) is 11.3. The van der Waals surface area contributed by atoms with Crippen LogP contribution in [-0.2, 0) is 6.42 Å². The SMILES string of the molecule is CC[C@H](O)C[C@H]1CCc2sc3ncnc(OC4CCC(CC)(N(C)C)CC4)c3c21. The van der Waals surface area contributed by atoms with Gasteiger partial charge in [0, 0.05) is 10.4 Å². The number of aromatic nitrogens is 2. The van der Waals surface area contributed by atoms with E-state index in [1.807, 2.05) is 0 Å². The van der Waals surface area contributed by atoms with Crippen molar-refractivity contribution in [1.82, 2.24) is 14.9 Å². The second kappa shape index (κ2) is 8.48. The number of hydrogen-bond acceptors (Lipinski definition) is 6. The molecule has 2 aromatic heterocycles. The van der Waals surface area contributed by atoms with Gasteiger partial charge in [-0.05, 0) is 83.4 Å². The Morgan fingerprint density at radius 3 is 2.66 bits per heavy atom. The lowest BCUT2D eigenvalue weighted by Crippen LogP contribution is -2.48. The quantitative estimate of drug-likeness (QED) is 0.693. The molecule has 0 amide bonds. The molecule has 1 N–H and O–H groups in total. The average molecular weight is 418 g/mol. The fourth-order valence-electron chi connectivity index (χ4n) is 5.38. The molecule has 1 fully saturated rings. The molecule has 0 radical (unpaired) electrons. The molecule has 2 aliphatic rings. The molecule has 4 rings (SSSR count). The zero-order valence-electron chi connectivity index (χ0n) is 18.3. The van der Waals surface area contributed by atoms with Crippen molar-refractivity contribution in [3.05, 3.63) is 16.8 Å². The Balaban J connectivity index is 1.56. The third-order valence-electron chi connectivity index (χ3n) is 7.47. The summed E-state index contributed by atoms with van der Waals surface area (Å²) in [6.07, 6.45) is 11.1. The Hall–Kier alpha value is -1.24. The van der Waals surface area contributed by atoms with E-state index in [-0.39, 0.29) is 12.2 Å². The van der Waals surface area contributed by atoms with Crippen molar-refractivity contribution in [2.45, 2.75) is 95.3 Å². The van der Waals surface area contributed by atoms with Crippen LogP contribution in [0.5, 0.6) is 5.88 Å². The molecule has 1 saturated carbocycles. The van der Waals surface area contributed by atoms with Gasteiger partial charge in [-0.2, -0.15) is 0 Å². The van der Waals surface area contributed by atoms with Crippen LogP contribution < -0.4 is 4.74 Å². The maximum absolute atomic E-state index is 10.2. The van der Waals surface area contributed by atoms with Crippen LogP contribution in [0, 0.1) is 0 Å². The first-order valence-corrected chi connectivity index (χ1v) is 12.1. The van der Waals surface area contributed by atoms with E-state index in [4.69, 9.17) is 4.74 Å². The van der Waals surface area contributed by atoms with Crippen LogP contribution in [0.2, 0.25) is 0 Å². The van der Waals surface area contributed by atoms with Crippen molar-refractivity contribution in [2.75, 3.05) is 14.1 Å². The summed E-state index contributed by atoms with van der Waals surface area (Å²) >= 11 is 1.79. The fraction of sp³-hybridized carbons (Fsp3) is 0.739. The first kappa shape index (κ1) is 21.0. The number of aryl methyl sites for hydroxylation is 1. The third-order valence-corrected chi connectivity index (χ3v) is 8.65. The van der Waals surface area contributed by atoms with E-state index in [9.17, 15) is 5.11 Å². The number of fused-ring (bicyclic) bond motifs is 3. The van der Waals surface area contributed by atoms with Gasteiger partial charge >= 0.3 is 0 Å². The van der Waals surface area contributed by atoms with E-state index < -0.39 is 0 Å². The second-order valence-electron chi connectivity index (χ2n) is 9.12. The summed E-state index contributed by atoms with van der Waals surface area (Å²) in [5, 5.41) is 11.4. The lowest BCUT2D eigenvalue weighted by atomic mass is 9.77. The largest absolute Gasteiger partial charge is 0.474 e. The van der Waals surface area contributed by atoms with Crippen molar-refractivity contribution in [2.24, 2.45) is 0 Å². The van der Waals surface area contributed by atoms with Crippen molar-refractivity contribution < 1.29 is 9.84 Å². The fourth-order valence-corrected chi connectivity index (χ4v) is 6.61. The molecule has 2 heterocycles. The van der Waals surface area contributed by atoms with Gasteiger partial charge in [-0.3, -0.25) is 0 Å². The Labute approximate surface area is 178 Å². The van der Waals surface area contributed by atoms with Gasteiger partial charge in [0.25, 0.3) is 0 Å². The maximum Gasteiger partial charge on any atom is 0.225 e. The van der Waals surface area contributed by atoms with Crippen LogP contribution in [0.15, 0.2) is 6.33 Å². The van der Waals surface area contributed by atoms with Crippen molar-refractivity contribution in [3.63, 3.8) is 0 Å². The molecule has 160 valence electrons. The van der Waals surface area contributed by atoms with E-state index in [1.54, 1.807) is 17.7 Å². The van der Waals surface area contributed by atoms with Crippen LogP contribution in [0.3, 0.4) is 0 Å². The van der Waals surface area contributed by atoms with Crippen LogP contribution in [0.25, 0.3) is 10.2 Å². The molecule has 2 atom stereocenters. The molecule has 2 aromatic rings. The van der Waals surface area contributed by atoms with Gasteiger partial charge in [0.1, 0.15) is 17.3 Å². The Morgan fingerprint density at radius 1 is 1.24 bits per heavy atom. The predicted octanol–water partition coefficient (Wildman–Crippen LogP) is 4.91. The molecular formula is C23H35N3O2S. The Bertz CT molecular complexity index is 842. The number of hydrogen-bond donors (Lipinski definition) is 1. The van der Waals surface area contributed by atoms with Crippen molar-refractivity contribution in [1.29, 1.82) is 0 Å². The Kier molecular flexibility index (Phi) is 6.14. The topological polar surface area (TPSA) is 58.5 Å². The van der Waals surface area contributed by atoms with E-state index in [2.05, 4.69) is 42.8 Å². The summed E-state index contributed by atoms with van der Waals surface area (Å²) < 4.78 is 6.52. The Morgan fingerprint density at radius 2 is 2.00 bits per heavy atom. The number of rotatable bonds is 7. The summed E-state index contributed by atoms with van der Waals surface area (Å²) in [5.41, 5.74) is 1.67. The zero-order valence-corrected chi connectivity index (χ0v) is 19.1. The number of thiophene rings is 1. The summed E-state index contributed by atoms with van der Waals surface area (Å²) in [6.45, 7) is 4.35. The first-order chi connectivity index (χ1) is 14.0. The smallest absolute Gasteiger partial charge is 0.225 e. The van der Waals surface area contributed by atoms with E-state index in [0.717, 1.165) is 54.6 Å². The van der Waals surface area contributed by atoms with Gasteiger partial charge in [-0.25, -0.2) is 9.97 Å². The summed E-state index contributed by atoms with van der Waals surface area (Å²) in [4.78, 5) is 14.0. The molecule has 0 spiro atoms. The normalized spacial score (nSPS) is 28.1. The molecule has 5 nitrogen and oxygen atoms in total. The highest BCUT2D eigenvalue weighted by Gasteiger charge is 2.37. The van der Waals surface area contributed by atoms with Gasteiger partial charge in [0.15, 0.2) is 0 Å². The van der Waals surface area contributed by atoms with Crippen LogP contribution in [0.1, 0.15) is 81.6 Å². The summed E-state index contributed by atoms with van der Waals surface area (Å²) in [7, 11) is 4.41. The lowest BCUT2D eigenvalue weighted by molar-refractivity contribution is 0.0402. The number of aliphatic hydroxyl groups is 1. The average Bonchev–Trinajstić information content (AvgIpc) is 3.28. The lowest BCUT2D eigenvalue weighted by Gasteiger charge is -2.44. The van der Waals surface area contributed by atoms with Gasteiger partial charge in [0.2, 0.25) is 5.88 Å². The zero-order chi connectivity index (χ0) is 20.6. The number of ether oxygens (including phenoxy) is 1. The molecule has 6 heteroatoms. The van der Waals surface area contributed by atoms with E-state index in [0.29, 0.717) is 11.5 Å². The van der Waals surface area contributed by atoms with Crippen LogP contribution in [-0.4, -0.2) is 51.8 Å². The minimum atomic E-state index is -0.235. The highest BCUT2D eigenvalue weighted by Crippen LogP contribution is 2.48. The maximum atomic E-state index is 10.2. The van der Waals surface area contributed by atoms with E-state index >= 15 is 0 Å².